The average Bonchev–Trinajstić information content (AvgIpc) is 2.84. The van der Waals surface area contributed by atoms with Gasteiger partial charge in [-0.1, -0.05) is 6.92 Å². The van der Waals surface area contributed by atoms with E-state index in [4.69, 9.17) is 0 Å². The second-order valence-corrected chi connectivity index (χ2v) is 3.87. The fraction of sp³-hybridized carbons (Fsp3) is 0.455. The van der Waals surface area contributed by atoms with E-state index in [9.17, 15) is 0 Å². The molecule has 1 atom stereocenters. The molecule has 0 saturated heterocycles. The van der Waals surface area contributed by atoms with E-state index >= 15 is 0 Å². The summed E-state index contributed by atoms with van der Waals surface area (Å²) in [6.45, 7) is 2.97. The molecule has 2 heterocycles. The minimum absolute atomic E-state index is 0.0763. The van der Waals surface area contributed by atoms with Crippen molar-refractivity contribution in [2.45, 2.75) is 13.0 Å². The standard InChI is InChI=1S/C11H17N5/c1-4-12-11(9-5-6-16(3)14-9)10-7-15(2)8-13-10/h5-8,11-12H,4H2,1-3H3. The summed E-state index contributed by atoms with van der Waals surface area (Å²) in [6.07, 6.45) is 5.77. The van der Waals surface area contributed by atoms with E-state index in [2.05, 4.69) is 22.3 Å². The summed E-state index contributed by atoms with van der Waals surface area (Å²) in [5.74, 6) is 0. The molecule has 0 aliphatic carbocycles. The van der Waals surface area contributed by atoms with Gasteiger partial charge in [0.25, 0.3) is 0 Å². The predicted molar refractivity (Wildman–Crippen MR) is 61.9 cm³/mol. The summed E-state index contributed by atoms with van der Waals surface area (Å²) in [5.41, 5.74) is 2.01. The number of nitrogens with one attached hydrogen (secondary N) is 1. The minimum atomic E-state index is 0.0763. The van der Waals surface area contributed by atoms with Crippen LogP contribution in [0.4, 0.5) is 0 Å². The van der Waals surface area contributed by atoms with E-state index in [1.54, 1.807) is 0 Å². The Balaban J connectivity index is 2.30. The normalized spacial score (nSPS) is 12.9. The van der Waals surface area contributed by atoms with Crippen LogP contribution in [0.3, 0.4) is 0 Å². The Labute approximate surface area is 95.1 Å². The molecule has 5 heteroatoms. The van der Waals surface area contributed by atoms with Crippen LogP contribution in [0.1, 0.15) is 24.4 Å². The number of nitrogens with zero attached hydrogens (tertiary/aromatic N) is 4. The van der Waals surface area contributed by atoms with Gasteiger partial charge in [0.15, 0.2) is 0 Å². The highest BCUT2D eigenvalue weighted by atomic mass is 15.3. The van der Waals surface area contributed by atoms with Crippen LogP contribution in [-0.2, 0) is 14.1 Å². The molecule has 0 radical (unpaired) electrons. The smallest absolute Gasteiger partial charge is 0.0959 e. The van der Waals surface area contributed by atoms with E-state index < -0.39 is 0 Å². The zero-order valence-electron chi connectivity index (χ0n) is 9.88. The van der Waals surface area contributed by atoms with E-state index in [1.165, 1.54) is 0 Å². The molecule has 16 heavy (non-hydrogen) atoms. The molecule has 0 spiro atoms. The van der Waals surface area contributed by atoms with Crippen LogP contribution in [-0.4, -0.2) is 25.9 Å². The maximum atomic E-state index is 4.42. The lowest BCUT2D eigenvalue weighted by atomic mass is 10.1. The molecule has 0 bridgehead atoms. The Hall–Kier alpha value is -1.62. The SMILES string of the molecule is CCNC(c1cn(C)cn1)c1ccn(C)n1. The van der Waals surface area contributed by atoms with Gasteiger partial charge in [0.2, 0.25) is 0 Å². The lowest BCUT2D eigenvalue weighted by Crippen LogP contribution is -2.23. The minimum Gasteiger partial charge on any atom is -0.340 e. The van der Waals surface area contributed by atoms with Crippen LogP contribution in [0.25, 0.3) is 0 Å². The molecule has 2 rings (SSSR count). The third kappa shape index (κ3) is 2.14. The van der Waals surface area contributed by atoms with Crippen LogP contribution in [0.2, 0.25) is 0 Å². The number of hydrogen-bond donors (Lipinski definition) is 1. The molecule has 0 aliphatic heterocycles. The van der Waals surface area contributed by atoms with Gasteiger partial charge in [-0.25, -0.2) is 4.98 Å². The topological polar surface area (TPSA) is 47.7 Å². The number of aromatic nitrogens is 4. The summed E-state index contributed by atoms with van der Waals surface area (Å²) in [4.78, 5) is 4.37. The van der Waals surface area contributed by atoms with Crippen LogP contribution >= 0.6 is 0 Å². The predicted octanol–water partition coefficient (Wildman–Crippen LogP) is 0.852. The Bertz CT molecular complexity index is 416. The van der Waals surface area contributed by atoms with Gasteiger partial charge in [-0.05, 0) is 12.6 Å². The van der Waals surface area contributed by atoms with Crippen LogP contribution in [0.5, 0.6) is 0 Å². The Kier molecular flexibility index (Phi) is 3.05. The van der Waals surface area contributed by atoms with Crippen molar-refractivity contribution in [3.8, 4) is 0 Å². The van der Waals surface area contributed by atoms with E-state index in [1.807, 2.05) is 48.1 Å². The number of imidazole rings is 1. The first kappa shape index (κ1) is 10.9. The highest BCUT2D eigenvalue weighted by Gasteiger charge is 2.17. The van der Waals surface area contributed by atoms with Crippen molar-refractivity contribution in [3.63, 3.8) is 0 Å². The molecule has 0 saturated carbocycles. The zero-order chi connectivity index (χ0) is 11.5. The molecule has 0 aromatic carbocycles. The molecule has 2 aromatic heterocycles. The fourth-order valence-electron chi connectivity index (χ4n) is 1.73. The molecule has 0 amide bonds. The first-order chi connectivity index (χ1) is 7.70. The van der Waals surface area contributed by atoms with E-state index in [-0.39, 0.29) is 6.04 Å². The maximum absolute atomic E-state index is 4.42. The molecule has 1 N–H and O–H groups in total. The first-order valence-corrected chi connectivity index (χ1v) is 5.41. The Morgan fingerprint density at radius 1 is 1.38 bits per heavy atom. The number of aryl methyl sites for hydroxylation is 2. The largest absolute Gasteiger partial charge is 0.340 e. The van der Waals surface area contributed by atoms with Gasteiger partial charge in [-0.15, -0.1) is 0 Å². The van der Waals surface area contributed by atoms with Gasteiger partial charge in [-0.3, -0.25) is 4.68 Å². The number of hydrogen-bond acceptors (Lipinski definition) is 3. The van der Waals surface area contributed by atoms with Crippen molar-refractivity contribution >= 4 is 0 Å². The zero-order valence-corrected chi connectivity index (χ0v) is 9.88. The molecular formula is C11H17N5. The van der Waals surface area contributed by atoms with Crippen molar-refractivity contribution in [2.75, 3.05) is 6.54 Å². The van der Waals surface area contributed by atoms with Gasteiger partial charge >= 0.3 is 0 Å². The van der Waals surface area contributed by atoms with Crippen molar-refractivity contribution in [3.05, 3.63) is 36.2 Å². The molecule has 2 aromatic rings. The van der Waals surface area contributed by atoms with Gasteiger partial charge < -0.3 is 9.88 Å². The first-order valence-electron chi connectivity index (χ1n) is 5.41. The van der Waals surface area contributed by atoms with Crippen LogP contribution in [0.15, 0.2) is 24.8 Å². The van der Waals surface area contributed by atoms with Crippen molar-refractivity contribution in [1.82, 2.24) is 24.6 Å². The lowest BCUT2D eigenvalue weighted by molar-refractivity contribution is 0.589. The third-order valence-corrected chi connectivity index (χ3v) is 2.46. The van der Waals surface area contributed by atoms with Gasteiger partial charge in [0.1, 0.15) is 0 Å². The molecule has 86 valence electrons. The fourth-order valence-corrected chi connectivity index (χ4v) is 1.73. The molecular weight excluding hydrogens is 202 g/mol. The average molecular weight is 219 g/mol. The van der Waals surface area contributed by atoms with Gasteiger partial charge in [0.05, 0.1) is 23.8 Å². The lowest BCUT2D eigenvalue weighted by Gasteiger charge is -2.12. The summed E-state index contributed by atoms with van der Waals surface area (Å²) >= 11 is 0. The monoisotopic (exact) mass is 219 g/mol. The highest BCUT2D eigenvalue weighted by Crippen LogP contribution is 2.17. The van der Waals surface area contributed by atoms with E-state index in [0.717, 1.165) is 17.9 Å². The second-order valence-electron chi connectivity index (χ2n) is 3.87. The highest BCUT2D eigenvalue weighted by molar-refractivity contribution is 5.19. The molecule has 5 nitrogen and oxygen atoms in total. The Morgan fingerprint density at radius 3 is 2.69 bits per heavy atom. The van der Waals surface area contributed by atoms with Crippen LogP contribution < -0.4 is 5.32 Å². The Morgan fingerprint density at radius 2 is 2.19 bits per heavy atom. The summed E-state index contributed by atoms with van der Waals surface area (Å²) in [5, 5.41) is 7.81. The molecule has 0 aliphatic rings. The van der Waals surface area contributed by atoms with Crippen LogP contribution in [0, 0.1) is 0 Å². The van der Waals surface area contributed by atoms with Crippen molar-refractivity contribution in [2.24, 2.45) is 14.1 Å². The van der Waals surface area contributed by atoms with E-state index in [0.29, 0.717) is 0 Å². The van der Waals surface area contributed by atoms with Crippen molar-refractivity contribution in [1.29, 1.82) is 0 Å². The summed E-state index contributed by atoms with van der Waals surface area (Å²) in [7, 11) is 3.89. The van der Waals surface area contributed by atoms with Gasteiger partial charge in [-0.2, -0.15) is 5.10 Å². The second kappa shape index (κ2) is 4.49. The summed E-state index contributed by atoms with van der Waals surface area (Å²) < 4.78 is 3.76. The summed E-state index contributed by atoms with van der Waals surface area (Å²) in [6, 6.07) is 2.09. The van der Waals surface area contributed by atoms with Crippen molar-refractivity contribution < 1.29 is 0 Å². The van der Waals surface area contributed by atoms with Gasteiger partial charge in [0, 0.05) is 26.5 Å². The number of rotatable bonds is 4. The molecule has 0 fully saturated rings. The third-order valence-electron chi connectivity index (χ3n) is 2.46. The molecule has 1 unspecified atom stereocenters. The quantitative estimate of drug-likeness (QED) is 0.829. The maximum Gasteiger partial charge on any atom is 0.0959 e.